The summed E-state index contributed by atoms with van der Waals surface area (Å²) in [5.74, 6) is -4.06. The smallest absolute Gasteiger partial charge is 0.330 e. The van der Waals surface area contributed by atoms with Crippen LogP contribution in [-0.2, 0) is 48.3 Å². The van der Waals surface area contributed by atoms with Crippen LogP contribution in [0.4, 0.5) is 0 Å². The summed E-state index contributed by atoms with van der Waals surface area (Å²) in [6, 6.07) is 31.9. The van der Waals surface area contributed by atoms with Crippen molar-refractivity contribution in [1.29, 1.82) is 0 Å². The molecule has 0 saturated heterocycles. The lowest BCUT2D eigenvalue weighted by molar-refractivity contribution is -0.167. The number of ketones is 1. The van der Waals surface area contributed by atoms with Gasteiger partial charge < -0.3 is 33.5 Å². The lowest BCUT2D eigenvalue weighted by Crippen LogP contribution is -2.42. The third-order valence-electron chi connectivity index (χ3n) is 11.3. The molecule has 0 bridgehead atoms. The van der Waals surface area contributed by atoms with Crippen LogP contribution in [0.1, 0.15) is 62.3 Å². The SMILES string of the molecule is C=CC(=O)OCC(COc1ccc(C2(c3ccc(OCC(COC(=O)C=C)OC(C)(C)C(=O)CC)cc3)c3ccccc3-c3ccccc32)cc1)OC(=O)C1CC=CCC1C(=O)O. The Morgan fingerprint density at radius 3 is 1.62 bits per heavy atom. The summed E-state index contributed by atoms with van der Waals surface area (Å²) < 4.78 is 34.7. The second-order valence-corrected chi connectivity index (χ2v) is 15.8. The highest BCUT2D eigenvalue weighted by atomic mass is 16.6. The zero-order valence-electron chi connectivity index (χ0n) is 35.7. The van der Waals surface area contributed by atoms with E-state index in [2.05, 4.69) is 37.4 Å². The van der Waals surface area contributed by atoms with E-state index in [4.69, 9.17) is 28.4 Å². The first-order valence-electron chi connectivity index (χ1n) is 20.9. The Kier molecular flexibility index (Phi) is 14.8. The molecule has 12 nitrogen and oxygen atoms in total. The van der Waals surface area contributed by atoms with Crippen molar-refractivity contribution in [2.45, 2.75) is 63.3 Å². The topological polar surface area (TPSA) is 161 Å². The minimum Gasteiger partial charge on any atom is -0.491 e. The number of aliphatic carboxylic acids is 1. The fourth-order valence-corrected chi connectivity index (χ4v) is 8.21. The molecule has 0 aromatic heterocycles. The largest absolute Gasteiger partial charge is 0.491 e. The molecule has 12 heteroatoms. The molecule has 4 aromatic rings. The van der Waals surface area contributed by atoms with Crippen molar-refractivity contribution in [1.82, 2.24) is 0 Å². The Hall–Kier alpha value is -6.79. The van der Waals surface area contributed by atoms with Crippen LogP contribution in [0.25, 0.3) is 11.1 Å². The molecule has 0 aliphatic heterocycles. The van der Waals surface area contributed by atoms with E-state index in [9.17, 15) is 29.1 Å². The minimum atomic E-state index is -1.13. The zero-order valence-corrected chi connectivity index (χ0v) is 35.7. The average molecular weight is 857 g/mol. The lowest BCUT2D eigenvalue weighted by atomic mass is 9.68. The van der Waals surface area contributed by atoms with Gasteiger partial charge in [-0.15, -0.1) is 0 Å². The highest BCUT2D eigenvalue weighted by molar-refractivity contribution is 5.87. The number of esters is 3. The van der Waals surface area contributed by atoms with Crippen molar-refractivity contribution in [3.8, 4) is 22.6 Å². The summed E-state index contributed by atoms with van der Waals surface area (Å²) in [6.45, 7) is 11.4. The van der Waals surface area contributed by atoms with Gasteiger partial charge in [-0.3, -0.25) is 14.4 Å². The van der Waals surface area contributed by atoms with Gasteiger partial charge in [0.1, 0.15) is 49.6 Å². The van der Waals surface area contributed by atoms with Gasteiger partial charge in [-0.25, -0.2) is 9.59 Å². The molecule has 0 radical (unpaired) electrons. The third kappa shape index (κ3) is 10.3. The molecule has 0 heterocycles. The van der Waals surface area contributed by atoms with Crippen LogP contribution in [0.2, 0.25) is 0 Å². The molecular weight excluding hydrogens is 805 g/mol. The first-order chi connectivity index (χ1) is 30.3. The number of carbonyl (C=O) groups excluding carboxylic acids is 4. The second kappa shape index (κ2) is 20.4. The molecular formula is C51H52O12. The molecule has 4 unspecified atom stereocenters. The summed E-state index contributed by atoms with van der Waals surface area (Å²) in [5.41, 5.74) is 4.31. The van der Waals surface area contributed by atoms with Gasteiger partial charge in [-0.1, -0.05) is 105 Å². The normalized spacial score (nSPS) is 16.9. The molecule has 63 heavy (non-hydrogen) atoms. The summed E-state index contributed by atoms with van der Waals surface area (Å²) in [5, 5.41) is 9.71. The summed E-state index contributed by atoms with van der Waals surface area (Å²) in [4.78, 5) is 61.6. The summed E-state index contributed by atoms with van der Waals surface area (Å²) in [7, 11) is 0. The van der Waals surface area contributed by atoms with Crippen molar-refractivity contribution in [3.05, 3.63) is 157 Å². The third-order valence-corrected chi connectivity index (χ3v) is 11.3. The van der Waals surface area contributed by atoms with Crippen molar-refractivity contribution in [2.75, 3.05) is 26.4 Å². The van der Waals surface area contributed by atoms with Gasteiger partial charge in [0, 0.05) is 18.6 Å². The number of Topliss-reactive ketones (excluding diaryl/α,β-unsaturated/α-hetero) is 1. The molecule has 328 valence electrons. The number of carboxylic acid groups (broad SMARTS) is 1. The Morgan fingerprint density at radius 2 is 1.14 bits per heavy atom. The zero-order chi connectivity index (χ0) is 45.1. The average Bonchev–Trinajstić information content (AvgIpc) is 3.61. The number of ether oxygens (including phenoxy) is 6. The molecule has 4 atom stereocenters. The maximum absolute atomic E-state index is 13.3. The van der Waals surface area contributed by atoms with E-state index in [1.54, 1.807) is 32.9 Å². The number of rotatable bonds is 21. The number of benzene rings is 4. The maximum Gasteiger partial charge on any atom is 0.330 e. The van der Waals surface area contributed by atoms with Gasteiger partial charge in [-0.2, -0.15) is 0 Å². The maximum atomic E-state index is 13.3. The molecule has 0 amide bonds. The van der Waals surface area contributed by atoms with Crippen LogP contribution in [-0.4, -0.2) is 79.0 Å². The lowest BCUT2D eigenvalue weighted by Gasteiger charge is -2.34. The molecule has 2 aliphatic rings. The molecule has 0 spiro atoms. The number of carboxylic acids is 1. The van der Waals surface area contributed by atoms with E-state index in [1.807, 2.05) is 72.8 Å². The van der Waals surface area contributed by atoms with Gasteiger partial charge >= 0.3 is 23.9 Å². The van der Waals surface area contributed by atoms with Crippen LogP contribution in [0, 0.1) is 11.8 Å². The summed E-state index contributed by atoms with van der Waals surface area (Å²) >= 11 is 0. The van der Waals surface area contributed by atoms with E-state index in [0.717, 1.165) is 45.5 Å². The van der Waals surface area contributed by atoms with Gasteiger partial charge in [0.15, 0.2) is 11.9 Å². The monoisotopic (exact) mass is 856 g/mol. The second-order valence-electron chi connectivity index (χ2n) is 15.8. The fraction of sp³-hybridized carbons (Fsp3) is 0.314. The number of fused-ring (bicyclic) bond motifs is 3. The van der Waals surface area contributed by atoms with E-state index < -0.39 is 58.9 Å². The van der Waals surface area contributed by atoms with Crippen LogP contribution >= 0.6 is 0 Å². The van der Waals surface area contributed by atoms with E-state index >= 15 is 0 Å². The van der Waals surface area contributed by atoms with E-state index in [0.29, 0.717) is 11.5 Å². The number of carbonyl (C=O) groups is 5. The molecule has 1 N–H and O–H groups in total. The Morgan fingerprint density at radius 1 is 0.683 bits per heavy atom. The van der Waals surface area contributed by atoms with Crippen LogP contribution in [0.5, 0.6) is 11.5 Å². The highest BCUT2D eigenvalue weighted by Crippen LogP contribution is 2.56. The fourth-order valence-electron chi connectivity index (χ4n) is 8.21. The molecule has 0 fully saturated rings. The summed E-state index contributed by atoms with van der Waals surface area (Å²) in [6.07, 6.45) is 4.47. The van der Waals surface area contributed by atoms with E-state index in [1.165, 1.54) is 0 Å². The van der Waals surface area contributed by atoms with Gasteiger partial charge in [0.2, 0.25) is 0 Å². The van der Waals surface area contributed by atoms with Crippen LogP contribution in [0.3, 0.4) is 0 Å². The highest BCUT2D eigenvalue weighted by Gasteiger charge is 2.46. The Bertz CT molecular complexity index is 2300. The predicted octanol–water partition coefficient (Wildman–Crippen LogP) is 7.99. The van der Waals surface area contributed by atoms with Gasteiger partial charge in [-0.05, 0) is 84.3 Å². The first kappa shape index (κ1) is 45.7. The molecule has 6 rings (SSSR count). The quantitative estimate of drug-likeness (QED) is 0.0329. The number of allylic oxidation sites excluding steroid dienone is 2. The van der Waals surface area contributed by atoms with Crippen molar-refractivity contribution >= 4 is 29.7 Å². The molecule has 4 aromatic carbocycles. The van der Waals surface area contributed by atoms with Crippen molar-refractivity contribution < 1.29 is 57.5 Å². The number of hydrogen-bond donors (Lipinski definition) is 1. The van der Waals surface area contributed by atoms with Crippen LogP contribution < -0.4 is 9.47 Å². The standard InChI is InChI=1S/C51H52O12/c1-6-45(52)50(4,5)63-38(32-61-47(54)8-3)31-59-36-27-23-34(24-28-36)51(43-19-13-11-15-39(43)40-16-12-14-20-44(40)51)33-21-25-35(26-22-33)58-29-37(30-60-46(53)7-2)62-49(57)42-18-10-9-17-41(42)48(55)56/h7-16,19-28,37-38,41-42H,2-3,6,17-18,29-32H2,1,4-5H3,(H,55,56). The van der Waals surface area contributed by atoms with E-state index in [-0.39, 0.29) is 51.5 Å². The van der Waals surface area contributed by atoms with Gasteiger partial charge in [0.05, 0.1) is 17.3 Å². The van der Waals surface area contributed by atoms with Crippen LogP contribution in [0.15, 0.2) is 135 Å². The molecule has 0 saturated carbocycles. The first-order valence-corrected chi connectivity index (χ1v) is 20.9. The predicted molar refractivity (Wildman–Crippen MR) is 234 cm³/mol. The van der Waals surface area contributed by atoms with Crippen molar-refractivity contribution in [2.24, 2.45) is 11.8 Å². The minimum absolute atomic E-state index is 0.00000981. The Balaban J connectivity index is 1.27. The Labute approximate surface area is 367 Å². The molecule has 2 aliphatic carbocycles. The number of hydrogen-bond acceptors (Lipinski definition) is 11. The van der Waals surface area contributed by atoms with Crippen molar-refractivity contribution in [3.63, 3.8) is 0 Å². The van der Waals surface area contributed by atoms with Gasteiger partial charge in [0.25, 0.3) is 0 Å².